The van der Waals surface area contributed by atoms with Gasteiger partial charge >= 0.3 is 0 Å². The van der Waals surface area contributed by atoms with Crippen LogP contribution in [0.15, 0.2) is 29.8 Å². The van der Waals surface area contributed by atoms with Crippen molar-refractivity contribution in [2.24, 2.45) is 5.41 Å². The Labute approximate surface area is 123 Å². The van der Waals surface area contributed by atoms with Crippen molar-refractivity contribution in [2.45, 2.75) is 19.9 Å². The molecule has 0 saturated carbocycles. The van der Waals surface area contributed by atoms with Crippen LogP contribution in [0.2, 0.25) is 0 Å². The van der Waals surface area contributed by atoms with Gasteiger partial charge in [-0.05, 0) is 25.0 Å². The van der Waals surface area contributed by atoms with Gasteiger partial charge in [-0.1, -0.05) is 18.2 Å². The lowest BCUT2D eigenvalue weighted by molar-refractivity contribution is -0.0474. The largest absolute Gasteiger partial charge is 0.493 e. The Morgan fingerprint density at radius 1 is 1.35 bits per heavy atom. The van der Waals surface area contributed by atoms with E-state index in [1.807, 2.05) is 5.51 Å². The molecule has 0 atom stereocenters. The third-order valence-corrected chi connectivity index (χ3v) is 5.32. The van der Waals surface area contributed by atoms with E-state index in [0.717, 1.165) is 38.4 Å². The molecule has 0 amide bonds. The van der Waals surface area contributed by atoms with Crippen molar-refractivity contribution < 1.29 is 4.74 Å². The van der Waals surface area contributed by atoms with Gasteiger partial charge in [-0.25, -0.2) is 4.98 Å². The van der Waals surface area contributed by atoms with Crippen molar-refractivity contribution in [2.75, 3.05) is 19.7 Å². The van der Waals surface area contributed by atoms with Gasteiger partial charge in [0.1, 0.15) is 5.75 Å². The number of likely N-dealkylation sites (tertiary alicyclic amines) is 1. The average Bonchev–Trinajstić information content (AvgIpc) is 2.82. The quantitative estimate of drug-likeness (QED) is 0.849. The molecular formula is C16H18N2OS. The number of benzene rings is 1. The van der Waals surface area contributed by atoms with E-state index in [-0.39, 0.29) is 0 Å². The number of fused-ring (bicyclic) bond motifs is 1. The predicted octanol–water partition coefficient (Wildman–Crippen LogP) is 2.89. The molecule has 1 saturated heterocycles. The number of aromatic nitrogens is 1. The zero-order valence-corrected chi connectivity index (χ0v) is 12.4. The number of para-hydroxylation sites is 1. The summed E-state index contributed by atoms with van der Waals surface area (Å²) in [5, 5.41) is 0. The van der Waals surface area contributed by atoms with Gasteiger partial charge in [-0.3, -0.25) is 4.90 Å². The number of hydrogen-bond acceptors (Lipinski definition) is 4. The topological polar surface area (TPSA) is 25.4 Å². The van der Waals surface area contributed by atoms with Gasteiger partial charge < -0.3 is 4.74 Å². The maximum Gasteiger partial charge on any atom is 0.122 e. The molecule has 20 heavy (non-hydrogen) atoms. The minimum atomic E-state index is 0.340. The second kappa shape index (κ2) is 4.57. The van der Waals surface area contributed by atoms with E-state index in [1.165, 1.54) is 16.1 Å². The smallest absolute Gasteiger partial charge is 0.122 e. The van der Waals surface area contributed by atoms with Gasteiger partial charge in [0, 0.05) is 29.9 Å². The Kier molecular flexibility index (Phi) is 2.82. The fourth-order valence-electron chi connectivity index (χ4n) is 3.37. The number of aryl methyl sites for hydroxylation is 1. The number of rotatable bonds is 2. The molecule has 1 spiro atoms. The van der Waals surface area contributed by atoms with Gasteiger partial charge in [0.15, 0.2) is 0 Å². The molecule has 0 aliphatic carbocycles. The summed E-state index contributed by atoms with van der Waals surface area (Å²) in [6.07, 6.45) is 1.15. The monoisotopic (exact) mass is 286 g/mol. The number of ether oxygens (including phenoxy) is 1. The van der Waals surface area contributed by atoms with Crippen molar-refractivity contribution >= 4 is 11.3 Å². The highest BCUT2D eigenvalue weighted by Gasteiger charge is 2.46. The lowest BCUT2D eigenvalue weighted by atomic mass is 9.74. The van der Waals surface area contributed by atoms with Crippen molar-refractivity contribution in [1.29, 1.82) is 0 Å². The maximum absolute atomic E-state index is 5.95. The van der Waals surface area contributed by atoms with Gasteiger partial charge in [0.05, 0.1) is 17.8 Å². The lowest BCUT2D eigenvalue weighted by Gasteiger charge is -2.52. The second-order valence-electron chi connectivity index (χ2n) is 6.08. The van der Waals surface area contributed by atoms with Crippen LogP contribution in [-0.2, 0) is 13.0 Å². The summed E-state index contributed by atoms with van der Waals surface area (Å²) in [6.45, 7) is 6.28. The van der Waals surface area contributed by atoms with Crippen LogP contribution in [0.1, 0.15) is 16.1 Å². The standard InChI is InChI=1S/C16H18N2OS/c1-12-15(20-11-17-12)7-18-8-16(9-18)6-13-4-2-3-5-14(13)19-10-16/h2-5,11H,6-10H2,1H3. The Bertz CT molecular complexity index is 631. The summed E-state index contributed by atoms with van der Waals surface area (Å²) in [7, 11) is 0. The van der Waals surface area contributed by atoms with Gasteiger partial charge in [-0.2, -0.15) is 0 Å². The zero-order chi connectivity index (χ0) is 13.6. The molecular weight excluding hydrogens is 268 g/mol. The summed E-state index contributed by atoms with van der Waals surface area (Å²) in [4.78, 5) is 8.24. The summed E-state index contributed by atoms with van der Waals surface area (Å²) >= 11 is 1.77. The SMILES string of the molecule is Cc1ncsc1CN1CC2(COc3ccccc3C2)C1. The molecule has 1 aromatic carbocycles. The van der Waals surface area contributed by atoms with Crippen LogP contribution in [0, 0.1) is 12.3 Å². The van der Waals surface area contributed by atoms with Gasteiger partial charge in [-0.15, -0.1) is 11.3 Å². The molecule has 0 bridgehead atoms. The van der Waals surface area contributed by atoms with E-state index >= 15 is 0 Å². The Hall–Kier alpha value is -1.39. The first-order valence-electron chi connectivity index (χ1n) is 7.06. The number of thiazole rings is 1. The third kappa shape index (κ3) is 2.03. The highest BCUT2D eigenvalue weighted by molar-refractivity contribution is 7.09. The first-order chi connectivity index (χ1) is 9.74. The molecule has 3 nitrogen and oxygen atoms in total. The normalized spacial score (nSPS) is 20.2. The van der Waals surface area contributed by atoms with Crippen LogP contribution < -0.4 is 4.74 Å². The van der Waals surface area contributed by atoms with Crippen LogP contribution in [-0.4, -0.2) is 29.6 Å². The molecule has 4 heteroatoms. The molecule has 104 valence electrons. The van der Waals surface area contributed by atoms with Crippen LogP contribution in [0.4, 0.5) is 0 Å². The molecule has 2 aromatic rings. The van der Waals surface area contributed by atoms with Crippen LogP contribution >= 0.6 is 11.3 Å². The Morgan fingerprint density at radius 3 is 3.00 bits per heavy atom. The molecule has 2 aliphatic heterocycles. The summed E-state index contributed by atoms with van der Waals surface area (Å²) in [5.41, 5.74) is 4.83. The fraction of sp³-hybridized carbons (Fsp3) is 0.438. The molecule has 0 unspecified atom stereocenters. The summed E-state index contributed by atoms with van der Waals surface area (Å²) < 4.78 is 5.95. The highest BCUT2D eigenvalue weighted by Crippen LogP contribution is 2.41. The molecule has 2 aliphatic rings. The van der Waals surface area contributed by atoms with Gasteiger partial charge in [0.2, 0.25) is 0 Å². The summed E-state index contributed by atoms with van der Waals surface area (Å²) in [5.74, 6) is 1.08. The van der Waals surface area contributed by atoms with E-state index in [4.69, 9.17) is 4.74 Å². The third-order valence-electron chi connectivity index (χ3n) is 4.40. The lowest BCUT2D eigenvalue weighted by Crippen LogP contribution is -2.60. The minimum absolute atomic E-state index is 0.340. The molecule has 0 N–H and O–H groups in total. The number of nitrogens with zero attached hydrogens (tertiary/aromatic N) is 2. The molecule has 4 rings (SSSR count). The summed E-state index contributed by atoms with van der Waals surface area (Å²) in [6, 6.07) is 8.44. The van der Waals surface area contributed by atoms with E-state index in [1.54, 1.807) is 11.3 Å². The molecule has 1 fully saturated rings. The van der Waals surface area contributed by atoms with Crippen molar-refractivity contribution in [1.82, 2.24) is 9.88 Å². The second-order valence-corrected chi connectivity index (χ2v) is 7.02. The van der Waals surface area contributed by atoms with Crippen molar-refractivity contribution in [3.05, 3.63) is 45.9 Å². The first kappa shape index (κ1) is 12.4. The van der Waals surface area contributed by atoms with E-state index in [2.05, 4.69) is 41.1 Å². The average molecular weight is 286 g/mol. The van der Waals surface area contributed by atoms with Crippen LogP contribution in [0.3, 0.4) is 0 Å². The highest BCUT2D eigenvalue weighted by atomic mass is 32.1. The number of hydrogen-bond donors (Lipinski definition) is 0. The van der Waals surface area contributed by atoms with Crippen molar-refractivity contribution in [3.63, 3.8) is 0 Å². The van der Waals surface area contributed by atoms with E-state index < -0.39 is 0 Å². The molecule has 3 heterocycles. The van der Waals surface area contributed by atoms with Crippen molar-refractivity contribution in [3.8, 4) is 5.75 Å². The van der Waals surface area contributed by atoms with Gasteiger partial charge in [0.25, 0.3) is 0 Å². The maximum atomic E-state index is 5.95. The zero-order valence-electron chi connectivity index (χ0n) is 11.6. The first-order valence-corrected chi connectivity index (χ1v) is 7.94. The minimum Gasteiger partial charge on any atom is -0.493 e. The predicted molar refractivity (Wildman–Crippen MR) is 80.2 cm³/mol. The van der Waals surface area contributed by atoms with Crippen LogP contribution in [0.5, 0.6) is 5.75 Å². The van der Waals surface area contributed by atoms with E-state index in [9.17, 15) is 0 Å². The van der Waals surface area contributed by atoms with E-state index in [0.29, 0.717) is 5.41 Å². The Balaban J connectivity index is 1.43. The van der Waals surface area contributed by atoms with Crippen LogP contribution in [0.25, 0.3) is 0 Å². The Morgan fingerprint density at radius 2 is 2.20 bits per heavy atom. The molecule has 1 aromatic heterocycles. The fourth-order valence-corrected chi connectivity index (χ4v) is 4.19. The molecule has 0 radical (unpaired) electrons.